The highest BCUT2D eigenvalue weighted by Crippen LogP contribution is 2.38. The zero-order valence-electron chi connectivity index (χ0n) is 11.0. The lowest BCUT2D eigenvalue weighted by Gasteiger charge is -2.16. The molecule has 0 fully saturated rings. The molecule has 0 N–H and O–H groups in total. The molecule has 20 heavy (non-hydrogen) atoms. The maximum atomic E-state index is 13.5. The van der Waals surface area contributed by atoms with E-state index >= 15 is 0 Å². The molecule has 0 aliphatic rings. The van der Waals surface area contributed by atoms with Crippen LogP contribution in [0.25, 0.3) is 0 Å². The number of methoxy groups -OCH3 is 2. The van der Waals surface area contributed by atoms with Crippen molar-refractivity contribution in [1.82, 2.24) is 0 Å². The summed E-state index contributed by atoms with van der Waals surface area (Å²) >= 11 is 9.65. The van der Waals surface area contributed by atoms with Crippen LogP contribution in [-0.4, -0.2) is 14.2 Å². The minimum atomic E-state index is -0.461. The van der Waals surface area contributed by atoms with Crippen LogP contribution in [0.2, 0.25) is 0 Å². The first-order valence-electron chi connectivity index (χ1n) is 5.87. The van der Waals surface area contributed by atoms with Crippen LogP contribution in [0, 0.1) is 5.82 Å². The van der Waals surface area contributed by atoms with Crippen molar-refractivity contribution in [2.24, 2.45) is 0 Å². The van der Waals surface area contributed by atoms with Gasteiger partial charge >= 0.3 is 0 Å². The number of alkyl halides is 1. The molecule has 0 aliphatic carbocycles. The number of hydrogen-bond donors (Lipinski definition) is 0. The topological polar surface area (TPSA) is 18.5 Å². The van der Waals surface area contributed by atoms with E-state index in [9.17, 15) is 4.39 Å². The van der Waals surface area contributed by atoms with Crippen LogP contribution >= 0.6 is 27.5 Å². The Labute approximate surface area is 130 Å². The van der Waals surface area contributed by atoms with Gasteiger partial charge in [0.15, 0.2) is 0 Å². The fourth-order valence-electron chi connectivity index (χ4n) is 1.90. The fraction of sp³-hybridized carbons (Fsp3) is 0.200. The Kier molecular flexibility index (Phi) is 4.89. The molecular formula is C15H13BrClFO2. The Hall–Kier alpha value is -1.26. The van der Waals surface area contributed by atoms with E-state index in [4.69, 9.17) is 21.1 Å². The van der Waals surface area contributed by atoms with Crippen molar-refractivity contribution in [2.75, 3.05) is 14.2 Å². The molecule has 0 heterocycles. The lowest BCUT2D eigenvalue weighted by molar-refractivity contribution is 0.405. The minimum Gasteiger partial charge on any atom is -0.497 e. The third-order valence-electron chi connectivity index (χ3n) is 2.93. The molecule has 2 aromatic carbocycles. The molecule has 1 atom stereocenters. The minimum absolute atomic E-state index is 0.349. The molecule has 0 spiro atoms. The summed E-state index contributed by atoms with van der Waals surface area (Å²) in [6, 6.07) is 10.4. The SMILES string of the molecule is COc1cccc(C(Cl)c2cc(Br)c(F)cc2OC)c1. The highest BCUT2D eigenvalue weighted by Gasteiger charge is 2.18. The highest BCUT2D eigenvalue weighted by molar-refractivity contribution is 9.10. The number of rotatable bonds is 4. The van der Waals surface area contributed by atoms with Crippen molar-refractivity contribution < 1.29 is 13.9 Å². The lowest BCUT2D eigenvalue weighted by atomic mass is 10.0. The summed E-state index contributed by atoms with van der Waals surface area (Å²) < 4.78 is 24.3. The second-order valence-corrected chi connectivity index (χ2v) is 5.44. The van der Waals surface area contributed by atoms with Gasteiger partial charge in [-0.05, 0) is 39.7 Å². The van der Waals surface area contributed by atoms with Crippen LogP contribution in [0.3, 0.4) is 0 Å². The van der Waals surface area contributed by atoms with Crippen LogP contribution in [0.15, 0.2) is 40.9 Å². The smallest absolute Gasteiger partial charge is 0.141 e. The Morgan fingerprint density at radius 2 is 1.90 bits per heavy atom. The number of hydrogen-bond acceptors (Lipinski definition) is 2. The van der Waals surface area contributed by atoms with Gasteiger partial charge in [0.25, 0.3) is 0 Å². The second-order valence-electron chi connectivity index (χ2n) is 4.15. The first-order valence-corrected chi connectivity index (χ1v) is 7.10. The van der Waals surface area contributed by atoms with Gasteiger partial charge in [-0.1, -0.05) is 12.1 Å². The molecule has 0 amide bonds. The van der Waals surface area contributed by atoms with Gasteiger partial charge in [0.1, 0.15) is 17.3 Å². The van der Waals surface area contributed by atoms with Gasteiger partial charge < -0.3 is 9.47 Å². The fourth-order valence-corrected chi connectivity index (χ4v) is 2.56. The molecule has 0 aliphatic heterocycles. The predicted molar refractivity (Wildman–Crippen MR) is 81.3 cm³/mol. The normalized spacial score (nSPS) is 12.1. The van der Waals surface area contributed by atoms with Crippen LogP contribution in [-0.2, 0) is 0 Å². The summed E-state index contributed by atoms with van der Waals surface area (Å²) in [5.74, 6) is 0.738. The molecule has 0 bridgehead atoms. The second kappa shape index (κ2) is 6.46. The maximum absolute atomic E-state index is 13.5. The van der Waals surface area contributed by atoms with E-state index in [0.29, 0.717) is 21.5 Å². The van der Waals surface area contributed by atoms with E-state index in [1.807, 2.05) is 24.3 Å². The molecule has 0 aromatic heterocycles. The average Bonchev–Trinajstić information content (AvgIpc) is 2.48. The first-order chi connectivity index (χ1) is 9.56. The molecule has 0 radical (unpaired) electrons. The van der Waals surface area contributed by atoms with Crippen molar-refractivity contribution in [1.29, 1.82) is 0 Å². The van der Waals surface area contributed by atoms with Crippen LogP contribution < -0.4 is 9.47 Å². The van der Waals surface area contributed by atoms with Crippen LogP contribution in [0.4, 0.5) is 4.39 Å². The third-order valence-corrected chi connectivity index (χ3v) is 4.03. The molecule has 0 saturated carbocycles. The summed E-state index contributed by atoms with van der Waals surface area (Å²) in [6.07, 6.45) is 0. The van der Waals surface area contributed by atoms with E-state index in [0.717, 1.165) is 5.56 Å². The number of halogens is 3. The van der Waals surface area contributed by atoms with Gasteiger partial charge in [0.2, 0.25) is 0 Å². The monoisotopic (exact) mass is 358 g/mol. The standard InChI is InChI=1S/C15H13BrClFO2/c1-19-10-5-3-4-9(6-10)15(17)11-7-12(16)13(18)8-14(11)20-2/h3-8,15H,1-2H3. The van der Waals surface area contributed by atoms with E-state index in [-0.39, 0.29) is 5.82 Å². The molecule has 2 nitrogen and oxygen atoms in total. The van der Waals surface area contributed by atoms with Crippen LogP contribution in [0.1, 0.15) is 16.5 Å². The zero-order chi connectivity index (χ0) is 14.7. The Balaban J connectivity index is 2.46. The predicted octanol–water partition coefficient (Wildman–Crippen LogP) is 4.93. The van der Waals surface area contributed by atoms with Crippen molar-refractivity contribution in [3.63, 3.8) is 0 Å². The van der Waals surface area contributed by atoms with Gasteiger partial charge in [-0.15, -0.1) is 11.6 Å². The first kappa shape index (κ1) is 15.1. The lowest BCUT2D eigenvalue weighted by Crippen LogP contribution is -1.99. The van der Waals surface area contributed by atoms with E-state index in [2.05, 4.69) is 15.9 Å². The van der Waals surface area contributed by atoms with Crippen molar-refractivity contribution >= 4 is 27.5 Å². The van der Waals surface area contributed by atoms with Gasteiger partial charge in [0, 0.05) is 11.6 Å². The van der Waals surface area contributed by atoms with E-state index in [1.54, 1.807) is 13.2 Å². The zero-order valence-corrected chi connectivity index (χ0v) is 13.3. The summed E-state index contributed by atoms with van der Waals surface area (Å²) in [5, 5.41) is -0.461. The Morgan fingerprint density at radius 3 is 2.55 bits per heavy atom. The summed E-state index contributed by atoms with van der Waals surface area (Å²) in [6.45, 7) is 0. The van der Waals surface area contributed by atoms with Crippen LogP contribution in [0.5, 0.6) is 11.5 Å². The molecule has 106 valence electrons. The van der Waals surface area contributed by atoms with Crippen molar-refractivity contribution in [2.45, 2.75) is 5.38 Å². The Morgan fingerprint density at radius 1 is 1.15 bits per heavy atom. The Bertz CT molecular complexity index is 619. The van der Waals surface area contributed by atoms with E-state index < -0.39 is 5.38 Å². The van der Waals surface area contributed by atoms with Gasteiger partial charge in [-0.2, -0.15) is 0 Å². The number of ether oxygens (including phenoxy) is 2. The van der Waals surface area contributed by atoms with Gasteiger partial charge in [0.05, 0.1) is 24.1 Å². The average molecular weight is 360 g/mol. The van der Waals surface area contributed by atoms with Gasteiger partial charge in [-0.25, -0.2) is 4.39 Å². The molecule has 0 saturated heterocycles. The van der Waals surface area contributed by atoms with Crippen molar-refractivity contribution in [3.8, 4) is 11.5 Å². The largest absolute Gasteiger partial charge is 0.497 e. The summed E-state index contributed by atoms with van der Waals surface area (Å²) in [5.41, 5.74) is 1.54. The third kappa shape index (κ3) is 3.07. The summed E-state index contributed by atoms with van der Waals surface area (Å²) in [7, 11) is 3.08. The van der Waals surface area contributed by atoms with E-state index in [1.165, 1.54) is 13.2 Å². The quantitative estimate of drug-likeness (QED) is 0.720. The molecular weight excluding hydrogens is 347 g/mol. The number of benzene rings is 2. The molecule has 2 rings (SSSR count). The van der Waals surface area contributed by atoms with Crippen molar-refractivity contribution in [3.05, 3.63) is 57.8 Å². The highest BCUT2D eigenvalue weighted by atomic mass is 79.9. The molecule has 5 heteroatoms. The molecule has 2 aromatic rings. The summed E-state index contributed by atoms with van der Waals surface area (Å²) in [4.78, 5) is 0. The molecule has 1 unspecified atom stereocenters. The van der Waals surface area contributed by atoms with Gasteiger partial charge in [-0.3, -0.25) is 0 Å². The maximum Gasteiger partial charge on any atom is 0.141 e.